The number of hydrogen-bond donors (Lipinski definition) is 2. The lowest BCUT2D eigenvalue weighted by Crippen LogP contribution is -2.30. The summed E-state index contributed by atoms with van der Waals surface area (Å²) in [7, 11) is 0. The fraction of sp³-hybridized carbons (Fsp3) is 0.538. The van der Waals surface area contributed by atoms with Gasteiger partial charge < -0.3 is 15.2 Å². The lowest BCUT2D eigenvalue weighted by molar-refractivity contribution is -0.274. The number of halogens is 3. The third-order valence-corrected chi connectivity index (χ3v) is 2.58. The summed E-state index contributed by atoms with van der Waals surface area (Å²) in [6, 6.07) is 5.76. The van der Waals surface area contributed by atoms with Crippen LogP contribution < -0.4 is 10.1 Å². The van der Waals surface area contributed by atoms with Crippen LogP contribution in [0.2, 0.25) is 0 Å². The molecular weight excluding hydrogens is 259 g/mol. The Morgan fingerprint density at radius 1 is 1.32 bits per heavy atom. The molecule has 6 heteroatoms. The van der Waals surface area contributed by atoms with Crippen molar-refractivity contribution in [2.24, 2.45) is 5.92 Å². The molecule has 1 aromatic rings. The van der Waals surface area contributed by atoms with Gasteiger partial charge in [0.1, 0.15) is 5.75 Å². The molecule has 1 rings (SSSR count). The SMILES string of the molecule is CC(C)C(O)CNCc1cccc(OC(F)(F)F)c1. The monoisotopic (exact) mass is 277 g/mol. The van der Waals surface area contributed by atoms with Gasteiger partial charge in [-0.25, -0.2) is 0 Å². The van der Waals surface area contributed by atoms with Crippen LogP contribution in [0.5, 0.6) is 5.75 Å². The van der Waals surface area contributed by atoms with Gasteiger partial charge in [0.05, 0.1) is 6.10 Å². The first-order valence-electron chi connectivity index (χ1n) is 6.01. The van der Waals surface area contributed by atoms with E-state index in [1.807, 2.05) is 13.8 Å². The maximum atomic E-state index is 12.0. The van der Waals surface area contributed by atoms with Crippen molar-refractivity contribution in [3.63, 3.8) is 0 Å². The van der Waals surface area contributed by atoms with E-state index in [1.165, 1.54) is 18.2 Å². The molecule has 0 fully saturated rings. The zero-order valence-electron chi connectivity index (χ0n) is 10.9. The first kappa shape index (κ1) is 15.8. The number of rotatable bonds is 6. The molecule has 0 bridgehead atoms. The quantitative estimate of drug-likeness (QED) is 0.840. The Morgan fingerprint density at radius 2 is 2.00 bits per heavy atom. The Labute approximate surface area is 110 Å². The Bertz CT molecular complexity index is 394. The zero-order valence-corrected chi connectivity index (χ0v) is 10.9. The minimum atomic E-state index is -4.68. The zero-order chi connectivity index (χ0) is 14.5. The van der Waals surface area contributed by atoms with E-state index in [9.17, 15) is 18.3 Å². The summed E-state index contributed by atoms with van der Waals surface area (Å²) < 4.78 is 40.0. The fourth-order valence-corrected chi connectivity index (χ4v) is 1.45. The lowest BCUT2D eigenvalue weighted by atomic mass is 10.1. The maximum absolute atomic E-state index is 12.0. The van der Waals surface area contributed by atoms with E-state index < -0.39 is 12.5 Å². The van der Waals surface area contributed by atoms with Crippen LogP contribution in [0.1, 0.15) is 19.4 Å². The molecule has 0 saturated carbocycles. The van der Waals surface area contributed by atoms with E-state index in [1.54, 1.807) is 6.07 Å². The van der Waals surface area contributed by atoms with Gasteiger partial charge in [-0.3, -0.25) is 0 Å². The van der Waals surface area contributed by atoms with Crippen LogP contribution in [-0.4, -0.2) is 24.1 Å². The molecule has 1 atom stereocenters. The molecule has 0 heterocycles. The van der Waals surface area contributed by atoms with Gasteiger partial charge in [-0.05, 0) is 23.6 Å². The highest BCUT2D eigenvalue weighted by Gasteiger charge is 2.31. The molecule has 0 aliphatic heterocycles. The second-order valence-electron chi connectivity index (χ2n) is 4.64. The van der Waals surface area contributed by atoms with Gasteiger partial charge in [-0.15, -0.1) is 13.2 Å². The molecular formula is C13H18F3NO2. The number of aliphatic hydroxyl groups is 1. The number of nitrogens with one attached hydrogen (secondary N) is 1. The van der Waals surface area contributed by atoms with Gasteiger partial charge in [-0.1, -0.05) is 26.0 Å². The van der Waals surface area contributed by atoms with Crippen molar-refractivity contribution < 1.29 is 23.0 Å². The van der Waals surface area contributed by atoms with Crippen molar-refractivity contribution >= 4 is 0 Å². The van der Waals surface area contributed by atoms with Crippen LogP contribution >= 0.6 is 0 Å². The molecule has 2 N–H and O–H groups in total. The molecule has 0 aliphatic carbocycles. The van der Waals surface area contributed by atoms with Crippen LogP contribution in [0.3, 0.4) is 0 Å². The second kappa shape index (κ2) is 6.77. The van der Waals surface area contributed by atoms with Crippen LogP contribution in [0.25, 0.3) is 0 Å². The molecule has 0 spiro atoms. The van der Waals surface area contributed by atoms with Crippen LogP contribution in [0.15, 0.2) is 24.3 Å². The van der Waals surface area contributed by atoms with E-state index >= 15 is 0 Å². The summed E-state index contributed by atoms with van der Waals surface area (Å²) >= 11 is 0. The lowest BCUT2D eigenvalue weighted by Gasteiger charge is -2.15. The van der Waals surface area contributed by atoms with Crippen molar-refractivity contribution in [3.8, 4) is 5.75 Å². The third kappa shape index (κ3) is 6.45. The van der Waals surface area contributed by atoms with Gasteiger partial charge >= 0.3 is 6.36 Å². The smallest absolute Gasteiger partial charge is 0.406 e. The summed E-state index contributed by atoms with van der Waals surface area (Å²) in [5.41, 5.74) is 0.665. The molecule has 108 valence electrons. The average Bonchev–Trinajstić information content (AvgIpc) is 2.26. The van der Waals surface area contributed by atoms with Crippen LogP contribution in [0, 0.1) is 5.92 Å². The third-order valence-electron chi connectivity index (χ3n) is 2.58. The van der Waals surface area contributed by atoms with E-state index in [0.29, 0.717) is 18.7 Å². The van der Waals surface area contributed by atoms with Gasteiger partial charge in [0.15, 0.2) is 0 Å². The maximum Gasteiger partial charge on any atom is 0.573 e. The summed E-state index contributed by atoms with van der Waals surface area (Å²) in [5.74, 6) is -0.108. The van der Waals surface area contributed by atoms with Crippen LogP contribution in [0.4, 0.5) is 13.2 Å². The van der Waals surface area contributed by atoms with Crippen LogP contribution in [-0.2, 0) is 6.54 Å². The van der Waals surface area contributed by atoms with Crippen molar-refractivity contribution in [2.45, 2.75) is 32.9 Å². The fourth-order valence-electron chi connectivity index (χ4n) is 1.45. The highest BCUT2D eigenvalue weighted by molar-refractivity contribution is 5.28. The Kier molecular flexibility index (Phi) is 5.62. The van der Waals surface area contributed by atoms with E-state index in [0.717, 1.165) is 0 Å². The van der Waals surface area contributed by atoms with Gasteiger partial charge in [0.2, 0.25) is 0 Å². The van der Waals surface area contributed by atoms with Gasteiger partial charge in [0, 0.05) is 13.1 Å². The normalized spacial score (nSPS) is 13.6. The van der Waals surface area contributed by atoms with Crippen molar-refractivity contribution in [2.75, 3.05) is 6.54 Å². The summed E-state index contributed by atoms with van der Waals surface area (Å²) in [4.78, 5) is 0. The standard InChI is InChI=1S/C13H18F3NO2/c1-9(2)12(18)8-17-7-10-4-3-5-11(6-10)19-13(14,15)16/h3-6,9,12,17-18H,7-8H2,1-2H3. The Hall–Kier alpha value is -1.27. The molecule has 0 aliphatic rings. The number of hydrogen-bond acceptors (Lipinski definition) is 3. The number of ether oxygens (including phenoxy) is 1. The summed E-state index contributed by atoms with van der Waals surface area (Å²) in [5, 5.41) is 12.6. The molecule has 3 nitrogen and oxygen atoms in total. The predicted octanol–water partition coefficient (Wildman–Crippen LogP) is 2.69. The highest BCUT2D eigenvalue weighted by Crippen LogP contribution is 2.23. The molecule has 0 amide bonds. The predicted molar refractivity (Wildman–Crippen MR) is 65.7 cm³/mol. The number of benzene rings is 1. The molecule has 19 heavy (non-hydrogen) atoms. The Balaban J connectivity index is 2.49. The first-order chi connectivity index (χ1) is 8.78. The van der Waals surface area contributed by atoms with E-state index in [2.05, 4.69) is 10.1 Å². The van der Waals surface area contributed by atoms with Crippen molar-refractivity contribution in [3.05, 3.63) is 29.8 Å². The number of alkyl halides is 3. The van der Waals surface area contributed by atoms with Gasteiger partial charge in [0.25, 0.3) is 0 Å². The second-order valence-corrected chi connectivity index (χ2v) is 4.64. The molecule has 1 unspecified atom stereocenters. The minimum Gasteiger partial charge on any atom is -0.406 e. The van der Waals surface area contributed by atoms with Crippen molar-refractivity contribution in [1.29, 1.82) is 0 Å². The number of aliphatic hydroxyl groups excluding tert-OH is 1. The molecule has 0 radical (unpaired) electrons. The van der Waals surface area contributed by atoms with Gasteiger partial charge in [-0.2, -0.15) is 0 Å². The molecule has 0 aromatic heterocycles. The molecule has 1 aromatic carbocycles. The summed E-state index contributed by atoms with van der Waals surface area (Å²) in [6.45, 7) is 4.55. The first-order valence-corrected chi connectivity index (χ1v) is 6.01. The minimum absolute atomic E-state index is 0.132. The molecule has 0 saturated heterocycles. The summed E-state index contributed by atoms with van der Waals surface area (Å²) in [6.07, 6.45) is -5.16. The van der Waals surface area contributed by atoms with E-state index in [4.69, 9.17) is 0 Å². The van der Waals surface area contributed by atoms with E-state index in [-0.39, 0.29) is 11.7 Å². The highest BCUT2D eigenvalue weighted by atomic mass is 19.4. The van der Waals surface area contributed by atoms with Crippen molar-refractivity contribution in [1.82, 2.24) is 5.32 Å². The average molecular weight is 277 g/mol. The Morgan fingerprint density at radius 3 is 2.58 bits per heavy atom. The largest absolute Gasteiger partial charge is 0.573 e. The topological polar surface area (TPSA) is 41.5 Å².